The van der Waals surface area contributed by atoms with Crippen LogP contribution in [0, 0.1) is 0 Å². The van der Waals surface area contributed by atoms with Crippen molar-refractivity contribution < 1.29 is 14.3 Å². The van der Waals surface area contributed by atoms with Crippen molar-refractivity contribution in [3.63, 3.8) is 0 Å². The second kappa shape index (κ2) is 7.43. The maximum Gasteiger partial charge on any atom is 0.331 e. The Labute approximate surface area is 133 Å². The van der Waals surface area contributed by atoms with Crippen molar-refractivity contribution in [2.45, 2.75) is 6.10 Å². The third kappa shape index (κ3) is 4.20. The van der Waals surface area contributed by atoms with E-state index in [4.69, 9.17) is 22.1 Å². The molecule has 22 heavy (non-hydrogen) atoms. The third-order valence-corrected chi connectivity index (χ3v) is 3.24. The van der Waals surface area contributed by atoms with E-state index in [1.54, 1.807) is 54.6 Å². The number of halogens is 1. The molecule has 2 aromatic carbocycles. The Morgan fingerprint density at radius 1 is 1.05 bits per heavy atom. The second-order valence-electron chi connectivity index (χ2n) is 4.48. The number of hydrogen-bond donors (Lipinski definition) is 1. The lowest BCUT2D eigenvalue weighted by molar-refractivity contribution is -0.150. The number of carbonyl (C=O) groups excluding carboxylic acids is 2. The van der Waals surface area contributed by atoms with Gasteiger partial charge in [-0.25, -0.2) is 4.79 Å². The normalized spacial score (nSPS) is 12.0. The molecule has 2 N–H and O–H groups in total. The van der Waals surface area contributed by atoms with Crippen LogP contribution >= 0.6 is 11.6 Å². The minimum atomic E-state index is -1.12. The van der Waals surface area contributed by atoms with Crippen LogP contribution in [0.25, 0.3) is 6.08 Å². The van der Waals surface area contributed by atoms with Crippen LogP contribution in [0.2, 0.25) is 5.02 Å². The minimum absolute atomic E-state index is 0.515. The Hall–Kier alpha value is -2.59. The largest absolute Gasteiger partial charge is 0.444 e. The highest BCUT2D eigenvalue weighted by Gasteiger charge is 2.21. The summed E-state index contributed by atoms with van der Waals surface area (Å²) >= 11 is 5.98. The molecule has 2 rings (SSSR count). The molecule has 4 nitrogen and oxygen atoms in total. The van der Waals surface area contributed by atoms with E-state index in [1.165, 1.54) is 12.2 Å². The van der Waals surface area contributed by atoms with E-state index in [9.17, 15) is 9.59 Å². The van der Waals surface area contributed by atoms with Crippen LogP contribution in [0.15, 0.2) is 60.7 Å². The first-order valence-corrected chi connectivity index (χ1v) is 6.93. The third-order valence-electron chi connectivity index (χ3n) is 2.90. The molecule has 5 heteroatoms. The van der Waals surface area contributed by atoms with Gasteiger partial charge in [0.2, 0.25) is 6.10 Å². The molecule has 2 aromatic rings. The lowest BCUT2D eigenvalue weighted by Crippen LogP contribution is -2.25. The summed E-state index contributed by atoms with van der Waals surface area (Å²) < 4.78 is 5.12. The van der Waals surface area contributed by atoms with Gasteiger partial charge in [-0.2, -0.15) is 0 Å². The van der Waals surface area contributed by atoms with E-state index in [0.717, 1.165) is 0 Å². The number of esters is 1. The first kappa shape index (κ1) is 15.8. The number of carbonyl (C=O) groups is 2. The molecule has 0 spiro atoms. The van der Waals surface area contributed by atoms with E-state index < -0.39 is 18.0 Å². The number of nitrogens with two attached hydrogens (primary N) is 1. The van der Waals surface area contributed by atoms with Gasteiger partial charge in [0.1, 0.15) is 0 Å². The topological polar surface area (TPSA) is 69.4 Å². The number of primary amides is 1. The first-order valence-electron chi connectivity index (χ1n) is 6.55. The maximum atomic E-state index is 11.9. The first-order chi connectivity index (χ1) is 10.6. The average molecular weight is 316 g/mol. The predicted octanol–water partition coefficient (Wildman–Crippen LogP) is 3.12. The number of benzene rings is 2. The van der Waals surface area contributed by atoms with E-state index in [2.05, 4.69) is 0 Å². The molecule has 0 radical (unpaired) electrons. The van der Waals surface area contributed by atoms with Gasteiger partial charge in [-0.05, 0) is 17.7 Å². The zero-order chi connectivity index (χ0) is 15.9. The lowest BCUT2D eigenvalue weighted by Gasteiger charge is -2.13. The smallest absolute Gasteiger partial charge is 0.331 e. The Morgan fingerprint density at radius 2 is 1.68 bits per heavy atom. The number of rotatable bonds is 5. The lowest BCUT2D eigenvalue weighted by atomic mass is 10.1. The van der Waals surface area contributed by atoms with Crippen LogP contribution in [-0.4, -0.2) is 11.9 Å². The van der Waals surface area contributed by atoms with E-state index >= 15 is 0 Å². The molecule has 0 saturated heterocycles. The molecule has 0 saturated carbocycles. The van der Waals surface area contributed by atoms with Crippen molar-refractivity contribution in [1.82, 2.24) is 0 Å². The number of ether oxygens (including phenoxy) is 1. The number of amides is 1. The monoisotopic (exact) mass is 315 g/mol. The van der Waals surface area contributed by atoms with E-state index in [1.807, 2.05) is 0 Å². The van der Waals surface area contributed by atoms with Crippen molar-refractivity contribution in [2.24, 2.45) is 5.73 Å². The fourth-order valence-corrected chi connectivity index (χ4v) is 2.04. The molecular weight excluding hydrogens is 302 g/mol. The highest BCUT2D eigenvalue weighted by molar-refractivity contribution is 6.32. The van der Waals surface area contributed by atoms with Gasteiger partial charge in [0, 0.05) is 16.7 Å². The zero-order valence-electron chi connectivity index (χ0n) is 11.6. The second-order valence-corrected chi connectivity index (χ2v) is 4.89. The molecule has 1 amide bonds. The quantitative estimate of drug-likeness (QED) is 0.680. The summed E-state index contributed by atoms with van der Waals surface area (Å²) in [6.45, 7) is 0. The summed E-state index contributed by atoms with van der Waals surface area (Å²) in [6.07, 6.45) is 1.61. The standard InChI is InChI=1S/C17H14ClNO3/c18-14-9-5-4-6-12(14)10-11-15(20)22-16(17(19)21)13-7-2-1-3-8-13/h1-11,16H,(H2,19,21)/b11-10+. The molecule has 0 aliphatic rings. The Kier molecular flexibility index (Phi) is 5.33. The Bertz CT molecular complexity index is 698. The summed E-state index contributed by atoms with van der Waals surface area (Å²) in [5, 5.41) is 0.515. The Morgan fingerprint density at radius 3 is 2.32 bits per heavy atom. The van der Waals surface area contributed by atoms with Gasteiger partial charge in [0.05, 0.1) is 0 Å². The molecule has 1 atom stereocenters. The van der Waals surface area contributed by atoms with Gasteiger partial charge in [0.15, 0.2) is 0 Å². The van der Waals surface area contributed by atoms with Gasteiger partial charge in [-0.1, -0.05) is 60.1 Å². The summed E-state index contributed by atoms with van der Waals surface area (Å²) in [4.78, 5) is 23.3. The summed E-state index contributed by atoms with van der Waals surface area (Å²) in [5.41, 5.74) is 6.49. The minimum Gasteiger partial charge on any atom is -0.444 e. The summed E-state index contributed by atoms with van der Waals surface area (Å²) in [7, 11) is 0. The van der Waals surface area contributed by atoms with Crippen molar-refractivity contribution in [3.05, 3.63) is 76.8 Å². The van der Waals surface area contributed by atoms with Gasteiger partial charge < -0.3 is 10.5 Å². The summed E-state index contributed by atoms with van der Waals surface area (Å²) in [5.74, 6) is -1.40. The molecule has 112 valence electrons. The highest BCUT2D eigenvalue weighted by Crippen LogP contribution is 2.19. The number of hydrogen-bond acceptors (Lipinski definition) is 3. The fourth-order valence-electron chi connectivity index (χ4n) is 1.84. The zero-order valence-corrected chi connectivity index (χ0v) is 12.4. The predicted molar refractivity (Wildman–Crippen MR) is 85.0 cm³/mol. The summed E-state index contributed by atoms with van der Waals surface area (Å²) in [6, 6.07) is 15.7. The molecule has 0 bridgehead atoms. The average Bonchev–Trinajstić information content (AvgIpc) is 2.52. The molecule has 0 fully saturated rings. The SMILES string of the molecule is NC(=O)C(OC(=O)/C=C/c1ccccc1Cl)c1ccccc1. The van der Waals surface area contributed by atoms with Gasteiger partial charge in [-0.15, -0.1) is 0 Å². The van der Waals surface area contributed by atoms with E-state index in [-0.39, 0.29) is 0 Å². The molecule has 0 aliphatic heterocycles. The highest BCUT2D eigenvalue weighted by atomic mass is 35.5. The molecule has 0 aromatic heterocycles. The van der Waals surface area contributed by atoms with Crippen LogP contribution < -0.4 is 5.73 Å². The maximum absolute atomic E-state index is 11.9. The van der Waals surface area contributed by atoms with Crippen LogP contribution in [0.4, 0.5) is 0 Å². The molecule has 0 aliphatic carbocycles. The molecule has 1 unspecified atom stereocenters. The van der Waals surface area contributed by atoms with Crippen LogP contribution in [-0.2, 0) is 14.3 Å². The van der Waals surface area contributed by atoms with Crippen molar-refractivity contribution in [2.75, 3.05) is 0 Å². The van der Waals surface area contributed by atoms with Crippen molar-refractivity contribution in [1.29, 1.82) is 0 Å². The van der Waals surface area contributed by atoms with Gasteiger partial charge >= 0.3 is 5.97 Å². The van der Waals surface area contributed by atoms with Crippen LogP contribution in [0.1, 0.15) is 17.2 Å². The fraction of sp³-hybridized carbons (Fsp3) is 0.0588. The van der Waals surface area contributed by atoms with Gasteiger partial charge in [-0.3, -0.25) is 4.79 Å². The van der Waals surface area contributed by atoms with Crippen LogP contribution in [0.5, 0.6) is 0 Å². The van der Waals surface area contributed by atoms with Crippen LogP contribution in [0.3, 0.4) is 0 Å². The molecule has 0 heterocycles. The van der Waals surface area contributed by atoms with Crippen molar-refractivity contribution >= 4 is 29.6 Å². The van der Waals surface area contributed by atoms with Crippen molar-refractivity contribution in [3.8, 4) is 0 Å². The Balaban J connectivity index is 2.10. The molecular formula is C17H14ClNO3. The van der Waals surface area contributed by atoms with Gasteiger partial charge in [0.25, 0.3) is 5.91 Å². The van der Waals surface area contributed by atoms with E-state index in [0.29, 0.717) is 16.1 Å².